The molecule has 0 radical (unpaired) electrons. The van der Waals surface area contributed by atoms with Gasteiger partial charge in [-0.25, -0.2) is 9.78 Å². The molecule has 0 saturated carbocycles. The summed E-state index contributed by atoms with van der Waals surface area (Å²) in [4.78, 5) is 46.7. The summed E-state index contributed by atoms with van der Waals surface area (Å²) in [7, 11) is 0. The molecule has 2 aromatic carbocycles. The van der Waals surface area contributed by atoms with Crippen LogP contribution in [-0.4, -0.2) is 80.7 Å². The average molecular weight is 730 g/mol. The van der Waals surface area contributed by atoms with Crippen LogP contribution < -0.4 is 15.4 Å². The number of hydrogen-bond donors (Lipinski definition) is 3. The minimum Gasteiger partial charge on any atom is -0.444 e. The van der Waals surface area contributed by atoms with Crippen molar-refractivity contribution in [1.82, 2.24) is 25.1 Å². The van der Waals surface area contributed by atoms with Crippen molar-refractivity contribution in [1.29, 1.82) is 0 Å². The minimum absolute atomic E-state index is 0.0228. The SMILES string of the molecule is CC(C)C(NC(=O)C(Cc1ccc(OC(F)(F)F)cc1)CC(O)C(Cc1ccccc1)NC(=O)OC(C)(C)C)C(=O)N1CCC(n2ccnc2)CC1. The number of alkyl halides is 3. The Morgan fingerprint density at radius 3 is 2.13 bits per heavy atom. The Hall–Kier alpha value is -4.59. The summed E-state index contributed by atoms with van der Waals surface area (Å²) >= 11 is 0. The molecule has 0 spiro atoms. The number of rotatable bonds is 14. The molecule has 284 valence electrons. The van der Waals surface area contributed by atoms with Crippen LogP contribution in [0.25, 0.3) is 0 Å². The highest BCUT2D eigenvalue weighted by Gasteiger charge is 2.36. The van der Waals surface area contributed by atoms with Crippen LogP contribution in [0.3, 0.4) is 0 Å². The predicted molar refractivity (Wildman–Crippen MR) is 188 cm³/mol. The molecule has 0 bridgehead atoms. The van der Waals surface area contributed by atoms with E-state index in [1.807, 2.05) is 54.9 Å². The number of amides is 3. The Kier molecular flexibility index (Phi) is 13.7. The summed E-state index contributed by atoms with van der Waals surface area (Å²) in [6, 6.07) is 12.8. The van der Waals surface area contributed by atoms with Crippen molar-refractivity contribution in [2.24, 2.45) is 11.8 Å². The summed E-state index contributed by atoms with van der Waals surface area (Å²) < 4.78 is 49.9. The van der Waals surface area contributed by atoms with Gasteiger partial charge >= 0.3 is 12.5 Å². The van der Waals surface area contributed by atoms with E-state index in [9.17, 15) is 32.7 Å². The van der Waals surface area contributed by atoms with Crippen LogP contribution in [0.5, 0.6) is 5.75 Å². The number of aliphatic hydroxyl groups is 1. The van der Waals surface area contributed by atoms with E-state index >= 15 is 0 Å². The molecule has 4 atom stereocenters. The minimum atomic E-state index is -4.86. The Labute approximate surface area is 302 Å². The fourth-order valence-electron chi connectivity index (χ4n) is 6.31. The zero-order chi connectivity index (χ0) is 38.1. The zero-order valence-electron chi connectivity index (χ0n) is 30.3. The van der Waals surface area contributed by atoms with Crippen LogP contribution in [0.1, 0.15) is 71.0 Å². The van der Waals surface area contributed by atoms with Crippen molar-refractivity contribution in [3.05, 3.63) is 84.4 Å². The number of carbonyl (C=O) groups excluding carboxylic acids is 3. The highest BCUT2D eigenvalue weighted by Crippen LogP contribution is 2.26. The first-order valence-electron chi connectivity index (χ1n) is 17.6. The van der Waals surface area contributed by atoms with E-state index in [-0.39, 0.29) is 37.1 Å². The van der Waals surface area contributed by atoms with Crippen LogP contribution in [-0.2, 0) is 27.2 Å². The van der Waals surface area contributed by atoms with E-state index in [1.165, 1.54) is 12.1 Å². The second kappa shape index (κ2) is 17.8. The second-order valence-corrected chi connectivity index (χ2v) is 14.6. The van der Waals surface area contributed by atoms with Crippen LogP contribution in [0.2, 0.25) is 0 Å². The largest absolute Gasteiger partial charge is 0.573 e. The van der Waals surface area contributed by atoms with E-state index < -0.39 is 53.8 Å². The Morgan fingerprint density at radius 1 is 0.942 bits per heavy atom. The number of aliphatic hydroxyl groups excluding tert-OH is 1. The van der Waals surface area contributed by atoms with Gasteiger partial charge in [0.25, 0.3) is 0 Å². The lowest BCUT2D eigenvalue weighted by Crippen LogP contribution is -2.54. The van der Waals surface area contributed by atoms with Crippen molar-refractivity contribution < 1.29 is 42.1 Å². The fourth-order valence-corrected chi connectivity index (χ4v) is 6.31. The molecule has 1 saturated heterocycles. The molecule has 11 nitrogen and oxygen atoms in total. The van der Waals surface area contributed by atoms with Gasteiger partial charge in [0.15, 0.2) is 0 Å². The number of nitrogens with one attached hydrogen (secondary N) is 2. The Morgan fingerprint density at radius 2 is 1.58 bits per heavy atom. The van der Waals surface area contributed by atoms with Crippen molar-refractivity contribution >= 4 is 17.9 Å². The first-order chi connectivity index (χ1) is 24.5. The smallest absolute Gasteiger partial charge is 0.444 e. The van der Waals surface area contributed by atoms with Crippen LogP contribution >= 0.6 is 0 Å². The maximum Gasteiger partial charge on any atom is 0.573 e. The standard InChI is InChI=1S/C38H50F3N5O6/c1-25(2)33(35(49)45-18-15-29(16-19-45)46-20-17-42-24-46)44-34(48)28(21-27-11-13-30(14-12-27)51-38(39,40)41)23-32(47)31(22-26-9-7-6-8-10-26)43-36(50)52-37(3,4)5/h6-14,17,20,24-25,28-29,31-33,47H,15-16,18-19,21-23H2,1-5H3,(H,43,50)(H,44,48). The summed E-state index contributed by atoms with van der Waals surface area (Å²) in [5.41, 5.74) is 0.533. The number of carbonyl (C=O) groups is 3. The number of piperidine rings is 1. The quantitative estimate of drug-likeness (QED) is 0.190. The van der Waals surface area contributed by atoms with Gasteiger partial charge in [0, 0.05) is 37.4 Å². The van der Waals surface area contributed by atoms with Gasteiger partial charge in [-0.05, 0) is 82.1 Å². The lowest BCUT2D eigenvalue weighted by atomic mass is 9.88. The van der Waals surface area contributed by atoms with Crippen molar-refractivity contribution in [3.8, 4) is 5.75 Å². The Bertz CT molecular complexity index is 1570. The molecule has 1 aliphatic heterocycles. The Balaban J connectivity index is 1.55. The predicted octanol–water partition coefficient (Wildman–Crippen LogP) is 5.83. The van der Waals surface area contributed by atoms with Gasteiger partial charge in [-0.3, -0.25) is 9.59 Å². The van der Waals surface area contributed by atoms with Crippen molar-refractivity contribution in [3.63, 3.8) is 0 Å². The molecule has 1 fully saturated rings. The topological polar surface area (TPSA) is 135 Å². The van der Waals surface area contributed by atoms with E-state index in [4.69, 9.17) is 4.74 Å². The lowest BCUT2D eigenvalue weighted by Gasteiger charge is -2.36. The summed E-state index contributed by atoms with van der Waals surface area (Å²) in [5, 5.41) is 17.4. The molecular weight excluding hydrogens is 679 g/mol. The number of hydrogen-bond acceptors (Lipinski definition) is 7. The van der Waals surface area contributed by atoms with E-state index in [2.05, 4.69) is 20.4 Å². The third-order valence-electron chi connectivity index (χ3n) is 8.95. The second-order valence-electron chi connectivity index (χ2n) is 14.6. The maximum atomic E-state index is 14.1. The highest BCUT2D eigenvalue weighted by atomic mass is 19.4. The number of benzene rings is 2. The van der Waals surface area contributed by atoms with Gasteiger partial charge in [-0.15, -0.1) is 13.2 Å². The third kappa shape index (κ3) is 12.6. The number of nitrogens with zero attached hydrogens (tertiary/aromatic N) is 3. The van der Waals surface area contributed by atoms with Crippen LogP contribution in [0.15, 0.2) is 73.3 Å². The molecule has 4 unspecified atom stereocenters. The van der Waals surface area contributed by atoms with Gasteiger partial charge < -0.3 is 34.7 Å². The summed E-state index contributed by atoms with van der Waals surface area (Å²) in [6.07, 6.45) is 0.0895. The number of halogens is 3. The first-order valence-corrected chi connectivity index (χ1v) is 17.6. The number of aromatic nitrogens is 2. The highest BCUT2D eigenvalue weighted by molar-refractivity contribution is 5.89. The molecular formula is C38H50F3N5O6. The van der Waals surface area contributed by atoms with Gasteiger partial charge in [-0.1, -0.05) is 56.3 Å². The number of alkyl carbamates (subject to hydrolysis) is 1. The third-order valence-corrected chi connectivity index (χ3v) is 8.95. The summed E-state index contributed by atoms with van der Waals surface area (Å²) in [6.45, 7) is 9.84. The molecule has 2 heterocycles. The lowest BCUT2D eigenvalue weighted by molar-refractivity contribution is -0.274. The van der Waals surface area contributed by atoms with Crippen LogP contribution in [0, 0.1) is 11.8 Å². The molecule has 3 N–H and O–H groups in total. The van der Waals surface area contributed by atoms with Crippen molar-refractivity contribution in [2.75, 3.05) is 13.1 Å². The maximum absolute atomic E-state index is 14.1. The summed E-state index contributed by atoms with van der Waals surface area (Å²) in [5.74, 6) is -2.35. The van der Waals surface area contributed by atoms with Gasteiger partial charge in [0.1, 0.15) is 17.4 Å². The van der Waals surface area contributed by atoms with Gasteiger partial charge in [-0.2, -0.15) is 0 Å². The molecule has 4 rings (SSSR count). The fraction of sp³-hybridized carbons (Fsp3) is 0.526. The number of ether oxygens (including phenoxy) is 2. The molecule has 0 aliphatic carbocycles. The molecule has 3 aromatic rings. The molecule has 14 heteroatoms. The zero-order valence-corrected chi connectivity index (χ0v) is 30.3. The number of likely N-dealkylation sites (tertiary alicyclic amines) is 1. The van der Waals surface area contributed by atoms with Gasteiger partial charge in [0.05, 0.1) is 18.5 Å². The normalized spacial score (nSPS) is 16.5. The van der Waals surface area contributed by atoms with E-state index in [0.29, 0.717) is 18.7 Å². The van der Waals surface area contributed by atoms with E-state index in [0.717, 1.165) is 30.5 Å². The first kappa shape index (κ1) is 40.2. The van der Waals surface area contributed by atoms with Gasteiger partial charge in [0.2, 0.25) is 11.8 Å². The molecule has 52 heavy (non-hydrogen) atoms. The van der Waals surface area contributed by atoms with Crippen molar-refractivity contribution in [2.45, 2.75) is 103 Å². The average Bonchev–Trinajstić information content (AvgIpc) is 3.61. The number of imidazole rings is 1. The monoisotopic (exact) mass is 729 g/mol. The van der Waals surface area contributed by atoms with E-state index in [1.54, 1.807) is 38.2 Å². The molecule has 1 aromatic heterocycles. The molecule has 3 amide bonds. The van der Waals surface area contributed by atoms with Crippen LogP contribution in [0.4, 0.5) is 18.0 Å². The molecule has 1 aliphatic rings.